The molecule has 0 atom stereocenters. The summed E-state index contributed by atoms with van der Waals surface area (Å²) in [4.78, 5) is 7.42. The summed E-state index contributed by atoms with van der Waals surface area (Å²) in [5.41, 5.74) is 6.76. The Kier molecular flexibility index (Phi) is 3.71. The first-order valence-corrected chi connectivity index (χ1v) is 4.12. The van der Waals surface area contributed by atoms with Gasteiger partial charge in [-0.1, -0.05) is 0 Å². The Balaban J connectivity index is 2.88. The monoisotopic (exact) mass is 209 g/mol. The van der Waals surface area contributed by atoms with E-state index in [0.717, 1.165) is 6.08 Å². The molecule has 0 fully saturated rings. The largest absolute Gasteiger partial charge is 0.404 e. The lowest BCUT2D eigenvalue weighted by molar-refractivity contribution is 0.421. The van der Waals surface area contributed by atoms with Crippen LogP contribution in [0.3, 0.4) is 0 Å². The van der Waals surface area contributed by atoms with Crippen molar-refractivity contribution in [2.24, 2.45) is 15.7 Å². The van der Waals surface area contributed by atoms with Crippen LogP contribution in [0.4, 0.5) is 8.78 Å². The molecule has 0 aliphatic carbocycles. The number of nitrogens with zero attached hydrogens (tertiary/aromatic N) is 2. The second-order valence-corrected chi connectivity index (χ2v) is 2.80. The molecule has 78 valence electrons. The summed E-state index contributed by atoms with van der Waals surface area (Å²) in [6.07, 6.45) is 3.24. The first-order valence-electron chi connectivity index (χ1n) is 4.12. The first kappa shape index (κ1) is 11.1. The Morgan fingerprint density at radius 1 is 1.47 bits per heavy atom. The van der Waals surface area contributed by atoms with Gasteiger partial charge >= 0.3 is 0 Å². The molecular weight excluding hydrogens is 200 g/mol. The average Bonchev–Trinajstić information content (AvgIpc) is 2.65. The van der Waals surface area contributed by atoms with Crippen LogP contribution in [0.1, 0.15) is 6.92 Å². The number of halogens is 2. The fourth-order valence-electron chi connectivity index (χ4n) is 1.01. The molecule has 1 heterocycles. The minimum atomic E-state index is -1.75. The van der Waals surface area contributed by atoms with E-state index in [2.05, 4.69) is 16.0 Å². The molecule has 2 N–H and O–H groups in total. The van der Waals surface area contributed by atoms with Gasteiger partial charge in [0.05, 0.1) is 6.20 Å². The van der Waals surface area contributed by atoms with Gasteiger partial charge < -0.3 is 5.73 Å². The maximum absolute atomic E-state index is 11.9. The maximum atomic E-state index is 11.9. The molecule has 0 aromatic carbocycles. The predicted octanol–water partition coefficient (Wildman–Crippen LogP) is 2.58. The van der Waals surface area contributed by atoms with E-state index >= 15 is 0 Å². The zero-order chi connectivity index (χ0) is 11.3. The summed E-state index contributed by atoms with van der Waals surface area (Å²) in [7, 11) is 0. The van der Waals surface area contributed by atoms with Crippen molar-refractivity contribution in [2.75, 3.05) is 0 Å². The van der Waals surface area contributed by atoms with Crippen LogP contribution in [0.2, 0.25) is 0 Å². The molecule has 0 spiro atoms. The lowest BCUT2D eigenvalue weighted by atomic mass is 10.1. The van der Waals surface area contributed by atoms with Crippen LogP contribution in [-0.4, -0.2) is 6.01 Å². The molecule has 1 aliphatic rings. The highest BCUT2D eigenvalue weighted by Crippen LogP contribution is 2.17. The number of hydrogen-bond donors (Lipinski definition) is 1. The van der Waals surface area contributed by atoms with Gasteiger partial charge in [-0.3, -0.25) is 0 Å². The van der Waals surface area contributed by atoms with Gasteiger partial charge in [-0.2, -0.15) is 18.8 Å². The molecule has 0 saturated heterocycles. The minimum Gasteiger partial charge on any atom is -0.404 e. The van der Waals surface area contributed by atoms with Gasteiger partial charge in [0.2, 0.25) is 0 Å². The average molecular weight is 209 g/mol. The van der Waals surface area contributed by atoms with Crippen LogP contribution in [0.5, 0.6) is 0 Å². The number of rotatable bonds is 3. The lowest BCUT2D eigenvalue weighted by Gasteiger charge is -1.98. The van der Waals surface area contributed by atoms with Crippen molar-refractivity contribution in [1.29, 1.82) is 0 Å². The van der Waals surface area contributed by atoms with Crippen molar-refractivity contribution in [3.63, 3.8) is 0 Å². The van der Waals surface area contributed by atoms with Gasteiger partial charge in [0, 0.05) is 17.8 Å². The van der Waals surface area contributed by atoms with Crippen molar-refractivity contribution in [1.82, 2.24) is 0 Å². The van der Waals surface area contributed by atoms with Gasteiger partial charge in [-0.25, -0.2) is 0 Å². The van der Waals surface area contributed by atoms with Crippen molar-refractivity contribution in [3.05, 3.63) is 47.5 Å². The highest BCUT2D eigenvalue weighted by Gasteiger charge is 2.03. The summed E-state index contributed by atoms with van der Waals surface area (Å²) in [6.45, 7) is 1.54. The third kappa shape index (κ3) is 3.32. The second kappa shape index (κ2) is 5.02. The van der Waals surface area contributed by atoms with Crippen molar-refractivity contribution in [3.8, 4) is 0 Å². The molecule has 15 heavy (non-hydrogen) atoms. The van der Waals surface area contributed by atoms with E-state index in [1.165, 1.54) is 18.5 Å². The number of hydrogen-bond acceptors (Lipinski definition) is 3. The van der Waals surface area contributed by atoms with Crippen molar-refractivity contribution in [2.45, 2.75) is 6.92 Å². The third-order valence-electron chi connectivity index (χ3n) is 1.61. The van der Waals surface area contributed by atoms with Crippen LogP contribution in [0.15, 0.2) is 57.5 Å². The van der Waals surface area contributed by atoms with E-state index in [9.17, 15) is 8.78 Å². The molecule has 0 aromatic rings. The van der Waals surface area contributed by atoms with Crippen molar-refractivity contribution >= 4 is 6.01 Å². The molecule has 1 aliphatic heterocycles. The SMILES string of the molecule is C/C(C=C(F)F)=C/C(=C\N)C1=CN=C=N1. The quantitative estimate of drug-likeness (QED) is 0.713. The van der Waals surface area contributed by atoms with Crippen LogP contribution >= 0.6 is 0 Å². The Hall–Kier alpha value is -2.00. The molecule has 0 saturated carbocycles. The van der Waals surface area contributed by atoms with Gasteiger partial charge in [0.15, 0.2) is 0 Å². The smallest absolute Gasteiger partial charge is 0.270 e. The normalized spacial score (nSPS) is 15.5. The molecule has 0 radical (unpaired) electrons. The van der Waals surface area contributed by atoms with E-state index < -0.39 is 6.08 Å². The lowest BCUT2D eigenvalue weighted by Crippen LogP contribution is -1.89. The molecule has 0 bridgehead atoms. The molecule has 1 rings (SSSR count). The van der Waals surface area contributed by atoms with E-state index in [0.29, 0.717) is 16.8 Å². The van der Waals surface area contributed by atoms with Gasteiger partial charge in [-0.05, 0) is 18.6 Å². The van der Waals surface area contributed by atoms with Gasteiger partial charge in [-0.15, -0.1) is 0 Å². The molecule has 0 amide bonds. The van der Waals surface area contributed by atoms with Crippen LogP contribution in [-0.2, 0) is 0 Å². The second-order valence-electron chi connectivity index (χ2n) is 2.80. The topological polar surface area (TPSA) is 50.7 Å². The summed E-state index contributed by atoms with van der Waals surface area (Å²) >= 11 is 0. The Morgan fingerprint density at radius 2 is 2.20 bits per heavy atom. The number of allylic oxidation sites excluding steroid dienone is 3. The highest BCUT2D eigenvalue weighted by atomic mass is 19.3. The fourth-order valence-corrected chi connectivity index (χ4v) is 1.01. The zero-order valence-electron chi connectivity index (χ0n) is 8.04. The number of nitrogens with two attached hydrogens (primary N) is 1. The fraction of sp³-hybridized carbons (Fsp3) is 0.100. The van der Waals surface area contributed by atoms with Gasteiger partial charge in [0.25, 0.3) is 6.08 Å². The van der Waals surface area contributed by atoms with Crippen LogP contribution < -0.4 is 5.73 Å². The van der Waals surface area contributed by atoms with Crippen LogP contribution in [0.25, 0.3) is 0 Å². The standard InChI is InChI=1S/C10H9F2N3/c1-7(3-10(11)12)2-8(4-13)9-5-14-6-15-9/h2-5H,13H2,1H3/b7-2-,8-4+. The zero-order valence-corrected chi connectivity index (χ0v) is 8.04. The maximum Gasteiger partial charge on any atom is 0.270 e. The highest BCUT2D eigenvalue weighted by molar-refractivity contribution is 5.56. The predicted molar refractivity (Wildman–Crippen MR) is 54.3 cm³/mol. The molecular formula is C10H9F2N3. The van der Waals surface area contributed by atoms with Gasteiger partial charge in [0.1, 0.15) is 11.7 Å². The summed E-state index contributed by atoms with van der Waals surface area (Å²) in [5.74, 6) is 0. The molecule has 0 unspecified atom stereocenters. The Labute approximate surface area is 85.7 Å². The minimum absolute atomic E-state index is 0.384. The third-order valence-corrected chi connectivity index (χ3v) is 1.61. The van der Waals surface area contributed by atoms with E-state index in [4.69, 9.17) is 5.73 Å². The summed E-state index contributed by atoms with van der Waals surface area (Å²) < 4.78 is 23.8. The Bertz CT molecular complexity index is 432. The number of aliphatic imine (C=N–C) groups is 2. The van der Waals surface area contributed by atoms with Crippen molar-refractivity contribution < 1.29 is 8.78 Å². The van der Waals surface area contributed by atoms with E-state index in [1.54, 1.807) is 6.92 Å². The van der Waals surface area contributed by atoms with E-state index in [-0.39, 0.29) is 0 Å². The molecule has 3 nitrogen and oxygen atoms in total. The first-order chi connectivity index (χ1) is 7.13. The molecule has 5 heteroatoms. The van der Waals surface area contributed by atoms with Crippen LogP contribution in [0, 0.1) is 0 Å². The summed E-state index contributed by atoms with van der Waals surface area (Å²) in [5, 5.41) is 0. The summed E-state index contributed by atoms with van der Waals surface area (Å²) in [6, 6.07) is 2.37. The molecule has 0 aromatic heterocycles. The Morgan fingerprint density at radius 3 is 2.67 bits per heavy atom. The van der Waals surface area contributed by atoms with E-state index in [1.807, 2.05) is 0 Å².